The Kier molecular flexibility index (Phi) is 10.5. The van der Waals surface area contributed by atoms with Crippen molar-refractivity contribution in [1.82, 2.24) is 5.32 Å². The van der Waals surface area contributed by atoms with Crippen molar-refractivity contribution in [2.24, 2.45) is 20.4 Å². The maximum atomic E-state index is 13.7. The molecule has 0 aromatic carbocycles. The van der Waals surface area contributed by atoms with Crippen LogP contribution in [0.3, 0.4) is 0 Å². The molecule has 286 valence electrons. The number of rotatable bonds is 8. The molecule has 1 fully saturated rings. The Morgan fingerprint density at radius 1 is 0.745 bits per heavy atom. The highest BCUT2D eigenvalue weighted by molar-refractivity contribution is 6.18. The molecule has 13 nitrogen and oxygen atoms in total. The van der Waals surface area contributed by atoms with Gasteiger partial charge in [0.1, 0.15) is 0 Å². The smallest absolute Gasteiger partial charge is 0.335 e. The first-order valence-corrected chi connectivity index (χ1v) is 17.9. The van der Waals surface area contributed by atoms with Crippen LogP contribution in [0.4, 0.5) is 0 Å². The number of nitrogens with zero attached hydrogens (tertiary/aromatic N) is 3. The predicted molar refractivity (Wildman–Crippen MR) is 206 cm³/mol. The number of allylic oxidation sites excluding steroid dienone is 14. The van der Waals surface area contributed by atoms with Gasteiger partial charge in [0.25, 0.3) is 0 Å². The van der Waals surface area contributed by atoms with Crippen LogP contribution in [0, 0.1) is 5.41 Å². The van der Waals surface area contributed by atoms with Gasteiger partial charge in [0.15, 0.2) is 0 Å². The first kappa shape index (κ1) is 38.6. The second kappa shape index (κ2) is 15.0. The van der Waals surface area contributed by atoms with Crippen LogP contribution < -0.4 is 5.32 Å². The van der Waals surface area contributed by atoms with Crippen molar-refractivity contribution < 1.29 is 43.2 Å². The van der Waals surface area contributed by atoms with Gasteiger partial charge in [-0.3, -0.25) is 9.59 Å². The molecule has 6 rings (SSSR count). The summed E-state index contributed by atoms with van der Waals surface area (Å²) in [6.45, 7) is 9.13. The van der Waals surface area contributed by atoms with E-state index in [2.05, 4.69) is 5.32 Å². The van der Waals surface area contributed by atoms with E-state index >= 15 is 0 Å². The van der Waals surface area contributed by atoms with Crippen molar-refractivity contribution in [3.05, 3.63) is 115 Å². The van der Waals surface area contributed by atoms with Crippen LogP contribution in [0.15, 0.2) is 130 Å². The summed E-state index contributed by atoms with van der Waals surface area (Å²) < 4.78 is 20.3. The molecule has 0 radical (unpaired) electrons. The fourth-order valence-electron chi connectivity index (χ4n) is 7.86. The monoisotopic (exact) mass is 748 g/mol. The van der Waals surface area contributed by atoms with E-state index in [1.807, 2.05) is 52.0 Å². The number of methoxy groups -OCH3 is 4. The minimum absolute atomic E-state index is 0.0370. The van der Waals surface area contributed by atoms with Crippen LogP contribution in [-0.2, 0) is 38.1 Å². The molecule has 0 amide bonds. The number of aliphatic hydroxyl groups excluding tert-OH is 1. The van der Waals surface area contributed by atoms with Crippen molar-refractivity contribution in [1.29, 1.82) is 0 Å². The van der Waals surface area contributed by atoms with Gasteiger partial charge in [0.2, 0.25) is 0 Å². The van der Waals surface area contributed by atoms with Crippen LogP contribution in [0.1, 0.15) is 66.7 Å². The third-order valence-electron chi connectivity index (χ3n) is 10.9. The number of hydrogen-bond acceptors (Lipinski definition) is 13. The van der Waals surface area contributed by atoms with Crippen LogP contribution >= 0.6 is 0 Å². The van der Waals surface area contributed by atoms with Crippen LogP contribution in [0.2, 0.25) is 0 Å². The van der Waals surface area contributed by atoms with Gasteiger partial charge < -0.3 is 29.4 Å². The molecule has 5 aliphatic heterocycles. The summed E-state index contributed by atoms with van der Waals surface area (Å²) >= 11 is 0. The minimum Gasteiger partial charge on any atom is -0.512 e. The van der Waals surface area contributed by atoms with Crippen LogP contribution in [-0.4, -0.2) is 74.6 Å². The van der Waals surface area contributed by atoms with E-state index in [-0.39, 0.29) is 48.1 Å². The fraction of sp³-hybridized carbons (Fsp3) is 0.357. The maximum absolute atomic E-state index is 13.7. The molecule has 1 unspecified atom stereocenters. The van der Waals surface area contributed by atoms with Crippen LogP contribution in [0.5, 0.6) is 0 Å². The highest BCUT2D eigenvalue weighted by Gasteiger charge is 2.52. The molecule has 1 aliphatic carbocycles. The molecule has 0 spiro atoms. The van der Waals surface area contributed by atoms with Gasteiger partial charge in [0, 0.05) is 29.8 Å². The molecule has 0 aromatic heterocycles. The second-order valence-corrected chi connectivity index (χ2v) is 13.9. The number of aliphatic imine (C=N–C) groups is 3. The molecule has 55 heavy (non-hydrogen) atoms. The number of ether oxygens (including phenoxy) is 4. The first-order valence-electron chi connectivity index (χ1n) is 17.9. The van der Waals surface area contributed by atoms with E-state index in [0.29, 0.717) is 75.2 Å². The number of carbonyl (C=O) groups excluding carboxylic acids is 4. The topological polar surface area (TPSA) is 175 Å². The average molecular weight is 749 g/mol. The number of aliphatic hydroxyl groups is 1. The summed E-state index contributed by atoms with van der Waals surface area (Å²) in [7, 11) is 5.22. The van der Waals surface area contributed by atoms with Gasteiger partial charge in [-0.05, 0) is 112 Å². The summed E-state index contributed by atoms with van der Waals surface area (Å²) in [4.78, 5) is 66.7. The summed E-state index contributed by atoms with van der Waals surface area (Å²) in [6, 6.07) is 0. The van der Waals surface area contributed by atoms with E-state index in [9.17, 15) is 24.3 Å². The number of carbonyl (C=O) groups is 4. The van der Waals surface area contributed by atoms with Gasteiger partial charge in [-0.2, -0.15) is 0 Å². The van der Waals surface area contributed by atoms with Gasteiger partial charge >= 0.3 is 23.9 Å². The number of hydrogen-bond donors (Lipinski definition) is 2. The molecule has 5 heterocycles. The lowest BCUT2D eigenvalue weighted by molar-refractivity contribution is -0.141. The predicted octanol–water partition coefficient (Wildman–Crippen LogP) is 6.13. The van der Waals surface area contributed by atoms with E-state index in [1.54, 1.807) is 13.0 Å². The summed E-state index contributed by atoms with van der Waals surface area (Å²) in [5.74, 6) is -2.04. The highest BCUT2D eigenvalue weighted by atomic mass is 16.5. The van der Waals surface area contributed by atoms with Crippen molar-refractivity contribution in [3.8, 4) is 0 Å². The zero-order chi connectivity index (χ0) is 39.9. The third-order valence-corrected chi connectivity index (χ3v) is 10.9. The Balaban J connectivity index is 1.66. The molecular weight excluding hydrogens is 704 g/mol. The second-order valence-electron chi connectivity index (χ2n) is 13.9. The standard InChI is InChI=1S/C42H44N4O9/c1-20-24(11-14-36(48)52-6)31-18-32-25(12-15-37(49)53-7)21(2)29(44-32)17-33-27-13-10-26(40(50)54-8)39(41(51)55-9)42(27,5)35(46-33)19-34-38(23(4)47)22(3)30(45-34)16-28(20)43-31/h13,16-19,46-47H,10-12,14-15H2,1-9H3/b28-16?,32-18?,33-17?,35-19?,38-23-. The lowest BCUT2D eigenvalue weighted by atomic mass is 9.68. The minimum atomic E-state index is -1.25. The Bertz CT molecular complexity index is 2270. The molecule has 13 heteroatoms. The number of esters is 4. The van der Waals surface area contributed by atoms with Gasteiger partial charge in [-0.1, -0.05) is 6.08 Å². The number of nitrogens with one attached hydrogen (secondary N) is 1. The summed E-state index contributed by atoms with van der Waals surface area (Å²) in [5.41, 5.74) is 8.74. The first-order chi connectivity index (χ1) is 26.2. The maximum Gasteiger partial charge on any atom is 0.335 e. The Labute approximate surface area is 319 Å². The third kappa shape index (κ3) is 6.68. The van der Waals surface area contributed by atoms with Gasteiger partial charge in [0.05, 0.1) is 85.0 Å². The Hall–Kier alpha value is -6.11. The Morgan fingerprint density at radius 2 is 1.38 bits per heavy atom. The molecule has 2 N–H and O–H groups in total. The molecule has 1 saturated heterocycles. The van der Waals surface area contributed by atoms with Crippen molar-refractivity contribution in [2.75, 3.05) is 28.4 Å². The Morgan fingerprint density at radius 3 is 2.00 bits per heavy atom. The molecule has 0 saturated carbocycles. The highest BCUT2D eigenvalue weighted by Crippen LogP contribution is 2.54. The lowest BCUT2D eigenvalue weighted by Crippen LogP contribution is -2.33. The molecule has 8 bridgehead atoms. The van der Waals surface area contributed by atoms with Crippen LogP contribution in [0.25, 0.3) is 0 Å². The lowest BCUT2D eigenvalue weighted by Gasteiger charge is -2.33. The van der Waals surface area contributed by atoms with Gasteiger partial charge in [-0.15, -0.1) is 0 Å². The number of fused-ring (bicyclic) bond motifs is 8. The summed E-state index contributed by atoms with van der Waals surface area (Å²) in [6.07, 6.45) is 10.3. The normalized spacial score (nSPS) is 22.4. The average Bonchev–Trinajstić information content (AvgIpc) is 3.82. The van der Waals surface area contributed by atoms with E-state index in [0.717, 1.165) is 22.3 Å². The quantitative estimate of drug-likeness (QED) is 0.167. The summed E-state index contributed by atoms with van der Waals surface area (Å²) in [5, 5.41) is 14.6. The molecule has 6 aliphatic rings. The van der Waals surface area contributed by atoms with E-state index < -0.39 is 17.4 Å². The largest absolute Gasteiger partial charge is 0.512 e. The van der Waals surface area contributed by atoms with Crippen molar-refractivity contribution in [2.45, 2.75) is 66.7 Å². The zero-order valence-corrected chi connectivity index (χ0v) is 32.5. The van der Waals surface area contributed by atoms with Crippen molar-refractivity contribution >= 4 is 41.0 Å². The molecule has 1 atom stereocenters. The van der Waals surface area contributed by atoms with E-state index in [1.165, 1.54) is 28.4 Å². The fourth-order valence-corrected chi connectivity index (χ4v) is 7.86. The van der Waals surface area contributed by atoms with Crippen molar-refractivity contribution in [3.63, 3.8) is 0 Å². The van der Waals surface area contributed by atoms with Gasteiger partial charge in [-0.25, -0.2) is 24.6 Å². The van der Waals surface area contributed by atoms with E-state index in [4.69, 9.17) is 33.9 Å². The SMILES string of the molecule is COC(=O)CCC1=C(C)C2=NC1=CC1=NC(=CC3=C(C)/C(=C(\C)O)C(=N3)C=C3NC(=C2)C2=CCC(C(=O)OC)=C(C(=O)OC)C32C)C(C)=C1CCC(=O)OC. The zero-order valence-electron chi connectivity index (χ0n) is 32.5. The molecule has 0 aromatic rings. The molecular formula is C42H44N4O9.